The molecule has 0 bridgehead atoms. The fraction of sp³-hybridized carbons (Fsp3) is 0.333. The Morgan fingerprint density at radius 2 is 2.29 bits per heavy atom. The summed E-state index contributed by atoms with van der Waals surface area (Å²) >= 11 is 5.96. The first-order valence-electron chi connectivity index (χ1n) is 4.75. The Bertz CT molecular complexity index is 300. The number of hydrogen-bond donors (Lipinski definition) is 0. The van der Waals surface area contributed by atoms with Crippen molar-refractivity contribution < 1.29 is 4.39 Å². The fourth-order valence-electron chi connectivity index (χ4n) is 1.59. The molecule has 1 rings (SSSR count). The van der Waals surface area contributed by atoms with Crippen LogP contribution in [-0.2, 0) is 0 Å². The van der Waals surface area contributed by atoms with Gasteiger partial charge in [0.15, 0.2) is 0 Å². The van der Waals surface area contributed by atoms with Gasteiger partial charge < -0.3 is 0 Å². The molecule has 0 radical (unpaired) electrons. The van der Waals surface area contributed by atoms with Gasteiger partial charge in [-0.25, -0.2) is 4.39 Å². The van der Waals surface area contributed by atoms with E-state index in [9.17, 15) is 4.39 Å². The van der Waals surface area contributed by atoms with Crippen LogP contribution in [0.5, 0.6) is 0 Å². The predicted octanol–water partition coefficient (Wildman–Crippen LogP) is 4.55. The van der Waals surface area contributed by atoms with E-state index in [-0.39, 0.29) is 11.7 Å². The maximum atomic E-state index is 13.5. The minimum absolute atomic E-state index is 0.140. The van der Waals surface area contributed by atoms with Crippen molar-refractivity contribution in [1.82, 2.24) is 0 Å². The Morgan fingerprint density at radius 3 is 2.79 bits per heavy atom. The molecule has 1 aromatic carbocycles. The van der Waals surface area contributed by atoms with Crippen molar-refractivity contribution in [1.29, 1.82) is 0 Å². The second-order valence-electron chi connectivity index (χ2n) is 3.26. The van der Waals surface area contributed by atoms with Crippen LogP contribution in [0, 0.1) is 5.82 Å². The highest BCUT2D eigenvalue weighted by Crippen LogP contribution is 2.31. The fourth-order valence-corrected chi connectivity index (χ4v) is 1.91. The maximum Gasteiger partial charge on any atom is 0.128 e. The molecule has 0 heterocycles. The van der Waals surface area contributed by atoms with Crippen LogP contribution in [0.2, 0.25) is 5.02 Å². The zero-order chi connectivity index (χ0) is 10.6. The third-order valence-corrected chi connectivity index (χ3v) is 2.68. The maximum absolute atomic E-state index is 13.5. The molecule has 1 unspecified atom stereocenters. The van der Waals surface area contributed by atoms with Gasteiger partial charge in [0, 0.05) is 10.6 Å². The lowest BCUT2D eigenvalue weighted by Crippen LogP contribution is -2.00. The number of allylic oxidation sites excluding steroid dienone is 1. The molecule has 0 fully saturated rings. The number of rotatable bonds is 4. The SMILES string of the molecule is C=CCC(CC)c1c(F)cccc1Cl. The summed E-state index contributed by atoms with van der Waals surface area (Å²) in [6, 6.07) is 4.81. The van der Waals surface area contributed by atoms with Crippen LogP contribution in [0.15, 0.2) is 30.9 Å². The minimum atomic E-state index is -0.216. The van der Waals surface area contributed by atoms with Gasteiger partial charge in [-0.2, -0.15) is 0 Å². The van der Waals surface area contributed by atoms with Gasteiger partial charge in [0.2, 0.25) is 0 Å². The molecule has 0 nitrogen and oxygen atoms in total. The summed E-state index contributed by atoms with van der Waals surface area (Å²) in [6.07, 6.45) is 3.43. The van der Waals surface area contributed by atoms with Gasteiger partial charge in [0.1, 0.15) is 5.82 Å². The van der Waals surface area contributed by atoms with Crippen molar-refractivity contribution in [2.45, 2.75) is 25.7 Å². The minimum Gasteiger partial charge on any atom is -0.207 e. The van der Waals surface area contributed by atoms with Crippen molar-refractivity contribution in [2.75, 3.05) is 0 Å². The van der Waals surface area contributed by atoms with Gasteiger partial charge in [0.25, 0.3) is 0 Å². The van der Waals surface area contributed by atoms with Gasteiger partial charge in [-0.3, -0.25) is 0 Å². The van der Waals surface area contributed by atoms with Gasteiger partial charge in [-0.05, 0) is 30.9 Å². The van der Waals surface area contributed by atoms with Crippen LogP contribution in [0.3, 0.4) is 0 Å². The first-order chi connectivity index (χ1) is 6.70. The third kappa shape index (κ3) is 2.36. The summed E-state index contributed by atoms with van der Waals surface area (Å²) < 4.78 is 13.5. The summed E-state index contributed by atoms with van der Waals surface area (Å²) in [7, 11) is 0. The number of halogens is 2. The Labute approximate surface area is 89.4 Å². The zero-order valence-corrected chi connectivity index (χ0v) is 9.02. The average Bonchev–Trinajstić information content (AvgIpc) is 2.16. The standard InChI is InChI=1S/C12H14ClF/c1-3-6-9(4-2)12-10(13)7-5-8-11(12)14/h3,5,7-9H,1,4,6H2,2H3. The number of hydrogen-bond acceptors (Lipinski definition) is 0. The van der Waals surface area contributed by atoms with Crippen molar-refractivity contribution in [3.8, 4) is 0 Å². The first-order valence-corrected chi connectivity index (χ1v) is 5.13. The van der Waals surface area contributed by atoms with Gasteiger partial charge >= 0.3 is 0 Å². The van der Waals surface area contributed by atoms with Crippen LogP contribution >= 0.6 is 11.6 Å². The lowest BCUT2D eigenvalue weighted by molar-refractivity contribution is 0.569. The van der Waals surface area contributed by atoms with Gasteiger partial charge in [0.05, 0.1) is 0 Å². The predicted molar refractivity (Wildman–Crippen MR) is 59.3 cm³/mol. The normalized spacial score (nSPS) is 12.5. The Kier molecular flexibility index (Phi) is 4.15. The van der Waals surface area contributed by atoms with E-state index in [4.69, 9.17) is 11.6 Å². The molecule has 0 aliphatic carbocycles. The van der Waals surface area contributed by atoms with Gasteiger partial charge in [-0.15, -0.1) is 6.58 Å². The zero-order valence-electron chi connectivity index (χ0n) is 8.26. The van der Waals surface area contributed by atoms with E-state index in [0.717, 1.165) is 12.8 Å². The highest BCUT2D eigenvalue weighted by Gasteiger charge is 2.15. The van der Waals surface area contributed by atoms with Crippen LogP contribution < -0.4 is 0 Å². The summed E-state index contributed by atoms with van der Waals surface area (Å²) in [6.45, 7) is 5.69. The Morgan fingerprint density at radius 1 is 1.57 bits per heavy atom. The lowest BCUT2D eigenvalue weighted by Gasteiger charge is -2.15. The molecule has 0 N–H and O–H groups in total. The van der Waals surface area contributed by atoms with E-state index in [2.05, 4.69) is 6.58 Å². The molecule has 0 aliphatic heterocycles. The van der Waals surface area contributed by atoms with Crippen LogP contribution in [0.1, 0.15) is 31.2 Å². The molecule has 1 aromatic rings. The van der Waals surface area contributed by atoms with Crippen LogP contribution in [0.4, 0.5) is 4.39 Å². The summed E-state index contributed by atoms with van der Waals surface area (Å²) in [5.41, 5.74) is 0.622. The highest BCUT2D eigenvalue weighted by atomic mass is 35.5. The van der Waals surface area contributed by atoms with Gasteiger partial charge in [-0.1, -0.05) is 30.7 Å². The second kappa shape index (κ2) is 5.16. The smallest absolute Gasteiger partial charge is 0.128 e. The van der Waals surface area contributed by atoms with E-state index < -0.39 is 0 Å². The highest BCUT2D eigenvalue weighted by molar-refractivity contribution is 6.31. The van der Waals surface area contributed by atoms with Crippen molar-refractivity contribution in [3.05, 3.63) is 47.3 Å². The molecule has 76 valence electrons. The quantitative estimate of drug-likeness (QED) is 0.643. The summed E-state index contributed by atoms with van der Waals surface area (Å²) in [4.78, 5) is 0. The topological polar surface area (TPSA) is 0 Å². The van der Waals surface area contributed by atoms with Crippen molar-refractivity contribution in [2.24, 2.45) is 0 Å². The molecular weight excluding hydrogens is 199 g/mol. The molecule has 14 heavy (non-hydrogen) atoms. The van der Waals surface area contributed by atoms with Crippen LogP contribution in [0.25, 0.3) is 0 Å². The molecule has 0 saturated heterocycles. The van der Waals surface area contributed by atoms with E-state index in [0.29, 0.717) is 10.6 Å². The second-order valence-corrected chi connectivity index (χ2v) is 3.67. The van der Waals surface area contributed by atoms with E-state index in [1.807, 2.05) is 6.92 Å². The number of benzene rings is 1. The largest absolute Gasteiger partial charge is 0.207 e. The Hall–Kier alpha value is -0.820. The van der Waals surface area contributed by atoms with Crippen LogP contribution in [-0.4, -0.2) is 0 Å². The molecule has 0 spiro atoms. The monoisotopic (exact) mass is 212 g/mol. The molecule has 0 saturated carbocycles. The molecule has 2 heteroatoms. The van der Waals surface area contributed by atoms with E-state index in [1.54, 1.807) is 18.2 Å². The molecule has 1 atom stereocenters. The third-order valence-electron chi connectivity index (χ3n) is 2.35. The molecule has 0 aliphatic rings. The van der Waals surface area contributed by atoms with E-state index in [1.165, 1.54) is 6.07 Å². The Balaban J connectivity index is 3.07. The summed E-state index contributed by atoms with van der Waals surface area (Å²) in [5, 5.41) is 0.513. The molecule has 0 aromatic heterocycles. The molecule has 0 amide bonds. The molecular formula is C12H14ClF. The first kappa shape index (κ1) is 11.3. The van der Waals surface area contributed by atoms with Crippen molar-refractivity contribution >= 4 is 11.6 Å². The van der Waals surface area contributed by atoms with E-state index >= 15 is 0 Å². The summed E-state index contributed by atoms with van der Waals surface area (Å²) in [5.74, 6) is -0.0765. The average molecular weight is 213 g/mol. The van der Waals surface area contributed by atoms with Crippen molar-refractivity contribution in [3.63, 3.8) is 0 Å². The lowest BCUT2D eigenvalue weighted by atomic mass is 9.93.